The lowest BCUT2D eigenvalue weighted by Gasteiger charge is -2.33. The fourth-order valence-corrected chi connectivity index (χ4v) is 3.88. The van der Waals surface area contributed by atoms with E-state index >= 15 is 0 Å². The van der Waals surface area contributed by atoms with Crippen molar-refractivity contribution in [3.63, 3.8) is 0 Å². The Kier molecular flexibility index (Phi) is 5.82. The highest BCUT2D eigenvalue weighted by atomic mass is 35.5. The number of urea groups is 1. The van der Waals surface area contributed by atoms with Gasteiger partial charge in [0.1, 0.15) is 6.54 Å². The molecule has 0 aromatic heterocycles. The molecule has 1 atom stereocenters. The zero-order chi connectivity index (χ0) is 20.4. The van der Waals surface area contributed by atoms with Crippen LogP contribution in [0.25, 0.3) is 0 Å². The number of terminal acetylenes is 1. The molecule has 2 heterocycles. The van der Waals surface area contributed by atoms with E-state index in [2.05, 4.69) is 16.6 Å². The van der Waals surface area contributed by atoms with Crippen molar-refractivity contribution in [2.24, 2.45) is 0 Å². The number of halogens is 2. The molecule has 3 rings (SSSR count). The van der Waals surface area contributed by atoms with E-state index in [4.69, 9.17) is 29.6 Å². The zero-order valence-corrected chi connectivity index (χ0v) is 16.6. The maximum Gasteiger partial charge on any atom is 0.322 e. The number of carbonyl (C=O) groups excluding carboxylic acids is 3. The Morgan fingerprint density at radius 2 is 2.14 bits per heavy atom. The van der Waals surface area contributed by atoms with Crippen LogP contribution in [-0.4, -0.2) is 53.8 Å². The van der Waals surface area contributed by atoms with E-state index in [1.807, 2.05) is 6.92 Å². The Bertz CT molecular complexity index is 922. The summed E-state index contributed by atoms with van der Waals surface area (Å²) in [4.78, 5) is 40.6. The van der Waals surface area contributed by atoms with Crippen LogP contribution < -0.4 is 10.6 Å². The fraction of sp³-hybridized carbons (Fsp3) is 0.316. The first kappa shape index (κ1) is 20.1. The van der Waals surface area contributed by atoms with Gasteiger partial charge < -0.3 is 15.5 Å². The molecule has 1 aromatic rings. The van der Waals surface area contributed by atoms with Crippen molar-refractivity contribution in [3.05, 3.63) is 45.1 Å². The van der Waals surface area contributed by atoms with Gasteiger partial charge in [0.15, 0.2) is 0 Å². The number of nitrogens with zero attached hydrogens (tertiary/aromatic N) is 2. The Labute approximate surface area is 172 Å². The zero-order valence-electron chi connectivity index (χ0n) is 15.1. The summed E-state index contributed by atoms with van der Waals surface area (Å²) in [5.74, 6) is 1.61. The summed E-state index contributed by atoms with van der Waals surface area (Å²) in [5.41, 5.74) is 1.53. The number of likely N-dealkylation sites (N-methyl/N-ethyl adjacent to an activating group) is 1. The lowest BCUT2D eigenvalue weighted by Crippen LogP contribution is -2.47. The van der Waals surface area contributed by atoms with E-state index in [9.17, 15) is 14.4 Å². The minimum Gasteiger partial charge on any atom is -0.344 e. The average molecular weight is 421 g/mol. The third-order valence-electron chi connectivity index (χ3n) is 4.61. The summed E-state index contributed by atoms with van der Waals surface area (Å²) in [6.45, 7) is 2.28. The first-order chi connectivity index (χ1) is 13.4. The van der Waals surface area contributed by atoms with Crippen LogP contribution in [0.3, 0.4) is 0 Å². The summed E-state index contributed by atoms with van der Waals surface area (Å²) in [5, 5.41) is 6.15. The smallest absolute Gasteiger partial charge is 0.322 e. The van der Waals surface area contributed by atoms with Gasteiger partial charge in [0.05, 0.1) is 30.4 Å². The van der Waals surface area contributed by atoms with Crippen molar-refractivity contribution in [2.45, 2.75) is 13.0 Å². The van der Waals surface area contributed by atoms with Gasteiger partial charge in [0.25, 0.3) is 5.91 Å². The molecular weight excluding hydrogens is 403 g/mol. The van der Waals surface area contributed by atoms with Gasteiger partial charge in [-0.05, 0) is 24.6 Å². The summed E-state index contributed by atoms with van der Waals surface area (Å²) < 4.78 is 0. The van der Waals surface area contributed by atoms with Gasteiger partial charge >= 0.3 is 6.03 Å². The fourth-order valence-electron chi connectivity index (χ4n) is 3.36. The van der Waals surface area contributed by atoms with Gasteiger partial charge in [-0.3, -0.25) is 14.5 Å². The summed E-state index contributed by atoms with van der Waals surface area (Å²) in [6, 6.07) is 3.83. The van der Waals surface area contributed by atoms with Crippen LogP contribution in [0.1, 0.15) is 18.5 Å². The SMILES string of the molecule is C#CCNC(=O)CN1CC2=C(C1=O)[C@@H](c1ccc(Cl)cc1Cl)NC(=O)N2CC. The Balaban J connectivity index is 1.95. The Morgan fingerprint density at radius 1 is 1.39 bits per heavy atom. The lowest BCUT2D eigenvalue weighted by molar-refractivity contribution is -0.131. The molecule has 4 amide bonds. The first-order valence-corrected chi connectivity index (χ1v) is 9.38. The summed E-state index contributed by atoms with van der Waals surface area (Å²) >= 11 is 12.3. The molecule has 9 heteroatoms. The van der Waals surface area contributed by atoms with Crippen molar-refractivity contribution in [3.8, 4) is 12.3 Å². The molecular formula is C19H18Cl2N4O3. The van der Waals surface area contributed by atoms with E-state index in [1.54, 1.807) is 18.2 Å². The lowest BCUT2D eigenvalue weighted by atomic mass is 9.95. The Morgan fingerprint density at radius 3 is 2.79 bits per heavy atom. The number of amides is 4. The molecule has 0 aliphatic carbocycles. The molecule has 0 saturated heterocycles. The topological polar surface area (TPSA) is 81.8 Å². The van der Waals surface area contributed by atoms with Crippen LogP contribution in [0.2, 0.25) is 10.0 Å². The predicted octanol–water partition coefficient (Wildman–Crippen LogP) is 1.93. The molecule has 0 bridgehead atoms. The van der Waals surface area contributed by atoms with Crippen LogP contribution >= 0.6 is 23.2 Å². The minimum absolute atomic E-state index is 0.0815. The van der Waals surface area contributed by atoms with Crippen LogP contribution in [0, 0.1) is 12.3 Å². The highest BCUT2D eigenvalue weighted by Crippen LogP contribution is 2.39. The second-order valence-electron chi connectivity index (χ2n) is 6.30. The summed E-state index contributed by atoms with van der Waals surface area (Å²) in [7, 11) is 0. The number of nitrogens with one attached hydrogen (secondary N) is 2. The molecule has 0 saturated carbocycles. The van der Waals surface area contributed by atoms with Gasteiger partial charge in [0, 0.05) is 16.6 Å². The molecule has 0 fully saturated rings. The molecule has 2 aliphatic rings. The number of carbonyl (C=O) groups is 3. The third-order valence-corrected chi connectivity index (χ3v) is 5.17. The molecule has 0 unspecified atom stereocenters. The van der Waals surface area contributed by atoms with Gasteiger partial charge in [-0.2, -0.15) is 0 Å². The molecule has 2 aliphatic heterocycles. The minimum atomic E-state index is -0.721. The second kappa shape index (κ2) is 8.13. The molecule has 28 heavy (non-hydrogen) atoms. The monoisotopic (exact) mass is 420 g/mol. The van der Waals surface area contributed by atoms with Crippen LogP contribution in [0.5, 0.6) is 0 Å². The van der Waals surface area contributed by atoms with Gasteiger partial charge in [-0.1, -0.05) is 35.2 Å². The average Bonchev–Trinajstić information content (AvgIpc) is 2.96. The normalized spacial score (nSPS) is 18.7. The van der Waals surface area contributed by atoms with E-state index in [-0.39, 0.29) is 37.5 Å². The Hall–Kier alpha value is -2.69. The van der Waals surface area contributed by atoms with E-state index in [0.29, 0.717) is 33.4 Å². The van der Waals surface area contributed by atoms with Crippen LogP contribution in [-0.2, 0) is 9.59 Å². The maximum atomic E-state index is 13.1. The summed E-state index contributed by atoms with van der Waals surface area (Å²) in [6.07, 6.45) is 5.14. The number of benzene rings is 1. The molecule has 2 N–H and O–H groups in total. The van der Waals surface area contributed by atoms with Gasteiger partial charge in [-0.25, -0.2) is 4.79 Å². The largest absolute Gasteiger partial charge is 0.344 e. The highest BCUT2D eigenvalue weighted by molar-refractivity contribution is 6.35. The molecule has 0 radical (unpaired) electrons. The third kappa shape index (κ3) is 3.66. The standard InChI is InChI=1S/C19H18Cl2N4O3/c1-3-7-22-15(26)10-24-9-14-16(18(24)27)17(23-19(28)25(14)4-2)12-6-5-11(20)8-13(12)21/h1,5-6,8,17H,4,7,9-10H2,2H3,(H,22,26)(H,23,28)/t17-/m1/s1. The predicted molar refractivity (Wildman–Crippen MR) is 106 cm³/mol. The quantitative estimate of drug-likeness (QED) is 0.713. The number of hydrogen-bond acceptors (Lipinski definition) is 3. The second-order valence-corrected chi connectivity index (χ2v) is 7.14. The molecule has 7 nitrogen and oxygen atoms in total. The van der Waals surface area contributed by atoms with Crippen LogP contribution in [0.4, 0.5) is 4.79 Å². The molecule has 1 aromatic carbocycles. The van der Waals surface area contributed by atoms with Gasteiger partial charge in [-0.15, -0.1) is 6.42 Å². The molecule has 146 valence electrons. The van der Waals surface area contributed by atoms with Crippen molar-refractivity contribution in [1.29, 1.82) is 0 Å². The van der Waals surface area contributed by atoms with Crippen molar-refractivity contribution < 1.29 is 14.4 Å². The number of hydrogen-bond donors (Lipinski definition) is 2. The highest BCUT2D eigenvalue weighted by Gasteiger charge is 2.44. The van der Waals surface area contributed by atoms with Crippen molar-refractivity contribution in [1.82, 2.24) is 20.4 Å². The number of rotatable bonds is 5. The molecule has 0 spiro atoms. The van der Waals surface area contributed by atoms with Gasteiger partial charge in [0.2, 0.25) is 5.91 Å². The van der Waals surface area contributed by atoms with E-state index < -0.39 is 6.04 Å². The first-order valence-electron chi connectivity index (χ1n) is 8.62. The van der Waals surface area contributed by atoms with E-state index in [1.165, 1.54) is 9.80 Å². The van der Waals surface area contributed by atoms with Crippen LogP contribution in [0.15, 0.2) is 29.5 Å². The van der Waals surface area contributed by atoms with Crippen molar-refractivity contribution in [2.75, 3.05) is 26.2 Å². The van der Waals surface area contributed by atoms with Crippen molar-refractivity contribution >= 4 is 41.0 Å². The van der Waals surface area contributed by atoms with E-state index in [0.717, 1.165) is 0 Å². The maximum absolute atomic E-state index is 13.1.